The van der Waals surface area contributed by atoms with E-state index in [9.17, 15) is 4.79 Å². The van der Waals surface area contributed by atoms with Crippen molar-refractivity contribution in [2.24, 2.45) is 0 Å². The van der Waals surface area contributed by atoms with Gasteiger partial charge in [0, 0.05) is 37.3 Å². The van der Waals surface area contributed by atoms with Crippen LogP contribution in [-0.2, 0) is 16.1 Å². The van der Waals surface area contributed by atoms with Crippen molar-refractivity contribution in [1.29, 1.82) is 0 Å². The third kappa shape index (κ3) is 4.88. The Bertz CT molecular complexity index is 957. The molecular weight excluding hydrogens is 368 g/mol. The number of amides is 1. The fourth-order valence-corrected chi connectivity index (χ4v) is 3.40. The highest BCUT2D eigenvalue weighted by Crippen LogP contribution is 2.21. The first-order chi connectivity index (χ1) is 14.2. The lowest BCUT2D eigenvalue weighted by atomic mass is 10.1. The molecule has 7 heteroatoms. The van der Waals surface area contributed by atoms with Crippen LogP contribution in [0.5, 0.6) is 0 Å². The third-order valence-corrected chi connectivity index (χ3v) is 5.02. The lowest BCUT2D eigenvalue weighted by Gasteiger charge is -2.34. The average molecular weight is 392 g/mol. The fourth-order valence-electron chi connectivity index (χ4n) is 3.40. The molecule has 0 bridgehead atoms. The first kappa shape index (κ1) is 19.3. The largest absolute Gasteiger partial charge is 0.444 e. The van der Waals surface area contributed by atoms with Crippen LogP contribution in [0.3, 0.4) is 0 Å². The van der Waals surface area contributed by atoms with E-state index in [-0.39, 0.29) is 11.9 Å². The van der Waals surface area contributed by atoms with E-state index in [1.165, 1.54) is 0 Å². The van der Waals surface area contributed by atoms with Crippen LogP contribution >= 0.6 is 0 Å². The van der Waals surface area contributed by atoms with Gasteiger partial charge in [0.25, 0.3) is 0 Å². The second-order valence-corrected chi connectivity index (χ2v) is 7.15. The van der Waals surface area contributed by atoms with E-state index in [2.05, 4.69) is 20.2 Å². The number of nitrogens with one attached hydrogen (secondary N) is 1. The Balaban J connectivity index is 1.39. The van der Waals surface area contributed by atoms with Crippen molar-refractivity contribution in [3.8, 4) is 11.5 Å². The van der Waals surface area contributed by atoms with Gasteiger partial charge in [0.2, 0.25) is 11.8 Å². The van der Waals surface area contributed by atoms with Gasteiger partial charge in [-0.3, -0.25) is 14.7 Å². The van der Waals surface area contributed by atoms with Crippen LogP contribution in [0.1, 0.15) is 17.7 Å². The molecule has 1 aliphatic rings. The summed E-state index contributed by atoms with van der Waals surface area (Å²) in [6, 6.07) is 11.7. The lowest BCUT2D eigenvalue weighted by molar-refractivity contribution is -0.119. The number of carbonyl (C=O) groups is 1. The van der Waals surface area contributed by atoms with Crippen LogP contribution in [0, 0.1) is 6.92 Å². The van der Waals surface area contributed by atoms with Crippen LogP contribution in [0.25, 0.3) is 11.5 Å². The summed E-state index contributed by atoms with van der Waals surface area (Å²) in [6.45, 7) is 4.47. The number of benzene rings is 1. The van der Waals surface area contributed by atoms with Crippen molar-refractivity contribution in [3.05, 3.63) is 66.3 Å². The Morgan fingerprint density at radius 2 is 2.14 bits per heavy atom. The van der Waals surface area contributed by atoms with Gasteiger partial charge >= 0.3 is 0 Å². The van der Waals surface area contributed by atoms with Gasteiger partial charge in [0.05, 0.1) is 30.8 Å². The van der Waals surface area contributed by atoms with Crippen molar-refractivity contribution >= 4 is 11.6 Å². The summed E-state index contributed by atoms with van der Waals surface area (Å²) in [5.74, 6) is 0.557. The summed E-state index contributed by atoms with van der Waals surface area (Å²) in [7, 11) is 0. The Morgan fingerprint density at radius 3 is 2.97 bits per heavy atom. The summed E-state index contributed by atoms with van der Waals surface area (Å²) in [5.41, 5.74) is 3.52. The third-order valence-electron chi connectivity index (χ3n) is 5.02. The van der Waals surface area contributed by atoms with Gasteiger partial charge in [0.1, 0.15) is 6.26 Å². The van der Waals surface area contributed by atoms with Crippen molar-refractivity contribution in [2.45, 2.75) is 25.9 Å². The molecule has 1 unspecified atom stereocenters. The number of aromatic nitrogens is 2. The smallest absolute Gasteiger partial charge is 0.226 e. The zero-order chi connectivity index (χ0) is 20.1. The van der Waals surface area contributed by atoms with Crippen LogP contribution in [0.2, 0.25) is 0 Å². The Morgan fingerprint density at radius 1 is 1.28 bits per heavy atom. The summed E-state index contributed by atoms with van der Waals surface area (Å²) in [6.07, 6.45) is 5.41. The molecule has 0 aliphatic carbocycles. The molecule has 1 atom stereocenters. The molecule has 1 saturated heterocycles. The molecule has 1 N–H and O–H groups in total. The minimum absolute atomic E-state index is 0.0161. The molecule has 7 nitrogen and oxygen atoms in total. The number of hydrogen-bond donors (Lipinski definition) is 1. The number of morpholine rings is 1. The normalized spacial score (nSPS) is 17.2. The van der Waals surface area contributed by atoms with Crippen LogP contribution in [0.4, 0.5) is 5.69 Å². The highest BCUT2D eigenvalue weighted by molar-refractivity contribution is 5.91. The van der Waals surface area contributed by atoms with Crippen molar-refractivity contribution < 1.29 is 13.9 Å². The predicted molar refractivity (Wildman–Crippen MR) is 109 cm³/mol. The number of aryl methyl sites for hydroxylation is 1. The maximum absolute atomic E-state index is 12.6. The van der Waals surface area contributed by atoms with Crippen molar-refractivity contribution in [2.75, 3.05) is 25.1 Å². The zero-order valence-electron chi connectivity index (χ0n) is 16.4. The quantitative estimate of drug-likeness (QED) is 0.693. The molecule has 1 amide bonds. The summed E-state index contributed by atoms with van der Waals surface area (Å²) >= 11 is 0. The van der Waals surface area contributed by atoms with E-state index in [1.54, 1.807) is 18.7 Å². The lowest BCUT2D eigenvalue weighted by Crippen LogP contribution is -2.46. The number of carbonyl (C=O) groups excluding carboxylic acids is 1. The number of rotatable bonds is 6. The molecule has 29 heavy (non-hydrogen) atoms. The first-order valence-electron chi connectivity index (χ1n) is 9.71. The number of hydrogen-bond acceptors (Lipinski definition) is 6. The Hall–Kier alpha value is -3.03. The minimum atomic E-state index is -0.0493. The standard InChI is InChI=1S/C22H24N4O3/c1-16-7-8-23-12-20(16)25-21(27)11-19-15-28-10-9-26(19)13-18-14-29-22(24-18)17-5-3-2-4-6-17/h2-8,12,14,19H,9-11,13,15H2,1H3,(H,25,27). The number of oxazole rings is 1. The van der Waals surface area contributed by atoms with E-state index in [1.807, 2.05) is 43.3 Å². The number of pyridine rings is 1. The average Bonchev–Trinajstić information content (AvgIpc) is 3.20. The Kier molecular flexibility index (Phi) is 5.97. The molecule has 3 aromatic rings. The minimum Gasteiger partial charge on any atom is -0.444 e. The fraction of sp³-hybridized carbons (Fsp3) is 0.318. The number of ether oxygens (including phenoxy) is 1. The maximum atomic E-state index is 12.6. The van der Waals surface area contributed by atoms with Gasteiger partial charge in [-0.15, -0.1) is 0 Å². The molecular formula is C22H24N4O3. The molecule has 0 saturated carbocycles. The van der Waals surface area contributed by atoms with Crippen molar-refractivity contribution in [1.82, 2.24) is 14.9 Å². The molecule has 4 rings (SSSR count). The highest BCUT2D eigenvalue weighted by Gasteiger charge is 2.26. The van der Waals surface area contributed by atoms with E-state index >= 15 is 0 Å². The van der Waals surface area contributed by atoms with Gasteiger partial charge in [-0.2, -0.15) is 0 Å². The SMILES string of the molecule is Cc1ccncc1NC(=O)CC1COCCN1Cc1coc(-c2ccccc2)n1. The van der Waals surface area contributed by atoms with Crippen LogP contribution < -0.4 is 5.32 Å². The van der Waals surface area contributed by atoms with Gasteiger partial charge in [-0.05, 0) is 30.7 Å². The molecule has 0 radical (unpaired) electrons. The van der Waals surface area contributed by atoms with Crippen LogP contribution in [-0.4, -0.2) is 46.6 Å². The van der Waals surface area contributed by atoms with Crippen LogP contribution in [0.15, 0.2) is 59.5 Å². The molecule has 1 aliphatic heterocycles. The van der Waals surface area contributed by atoms with Gasteiger partial charge in [-0.1, -0.05) is 18.2 Å². The topological polar surface area (TPSA) is 80.5 Å². The summed E-state index contributed by atoms with van der Waals surface area (Å²) in [4.78, 5) is 23.5. The zero-order valence-corrected chi connectivity index (χ0v) is 16.4. The number of nitrogens with zero attached hydrogens (tertiary/aromatic N) is 3. The van der Waals surface area contributed by atoms with E-state index < -0.39 is 0 Å². The van der Waals surface area contributed by atoms with Gasteiger partial charge in [-0.25, -0.2) is 4.98 Å². The monoisotopic (exact) mass is 392 g/mol. The molecule has 150 valence electrons. The molecule has 0 spiro atoms. The highest BCUT2D eigenvalue weighted by atomic mass is 16.5. The maximum Gasteiger partial charge on any atom is 0.226 e. The van der Waals surface area contributed by atoms with Gasteiger partial charge in [0.15, 0.2) is 0 Å². The summed E-state index contributed by atoms with van der Waals surface area (Å²) in [5, 5.41) is 2.95. The van der Waals surface area contributed by atoms with Gasteiger partial charge < -0.3 is 14.5 Å². The molecule has 1 aromatic carbocycles. The first-order valence-corrected chi connectivity index (χ1v) is 9.71. The molecule has 2 aromatic heterocycles. The summed E-state index contributed by atoms with van der Waals surface area (Å²) < 4.78 is 11.3. The molecule has 1 fully saturated rings. The predicted octanol–water partition coefficient (Wildman–Crippen LogP) is 3.27. The van der Waals surface area contributed by atoms with Crippen molar-refractivity contribution in [3.63, 3.8) is 0 Å². The van der Waals surface area contributed by atoms with E-state index in [4.69, 9.17) is 9.15 Å². The second-order valence-electron chi connectivity index (χ2n) is 7.15. The van der Waals surface area contributed by atoms with E-state index in [0.717, 1.165) is 29.1 Å². The number of anilines is 1. The van der Waals surface area contributed by atoms with E-state index in [0.29, 0.717) is 32.1 Å². The second kappa shape index (κ2) is 8.98. The Labute approximate surface area is 169 Å². The molecule has 3 heterocycles.